The smallest absolute Gasteiger partial charge is 0.322 e. The first kappa shape index (κ1) is 14.8. The molecule has 20 heavy (non-hydrogen) atoms. The molecule has 0 bridgehead atoms. The highest BCUT2D eigenvalue weighted by Gasteiger charge is 2.35. The summed E-state index contributed by atoms with van der Waals surface area (Å²) in [7, 11) is 0. The van der Waals surface area contributed by atoms with Gasteiger partial charge in [0.15, 0.2) is 0 Å². The number of anilines is 1. The van der Waals surface area contributed by atoms with Crippen LogP contribution in [0.15, 0.2) is 24.3 Å². The molecule has 0 radical (unpaired) electrons. The van der Waals surface area contributed by atoms with E-state index in [2.05, 4.69) is 5.32 Å². The van der Waals surface area contributed by atoms with Crippen LogP contribution in [0.25, 0.3) is 0 Å². The number of amides is 2. The SMILES string of the molecule is Cc1ccc(NC(=O)N2CC(CO)OC(C)(C)C2)cc1. The molecule has 1 aliphatic rings. The highest BCUT2D eigenvalue weighted by atomic mass is 16.5. The number of carbonyl (C=O) groups is 1. The third-order valence-corrected chi connectivity index (χ3v) is 3.28. The molecule has 1 atom stereocenters. The zero-order valence-corrected chi connectivity index (χ0v) is 12.2. The Kier molecular flexibility index (Phi) is 4.30. The summed E-state index contributed by atoms with van der Waals surface area (Å²) in [5, 5.41) is 12.1. The van der Waals surface area contributed by atoms with Crippen molar-refractivity contribution in [1.82, 2.24) is 4.90 Å². The number of carbonyl (C=O) groups excluding carboxylic acids is 1. The van der Waals surface area contributed by atoms with Crippen molar-refractivity contribution >= 4 is 11.7 Å². The van der Waals surface area contributed by atoms with Gasteiger partial charge in [-0.2, -0.15) is 0 Å². The third kappa shape index (κ3) is 3.71. The molecule has 0 saturated carbocycles. The van der Waals surface area contributed by atoms with Gasteiger partial charge in [-0.25, -0.2) is 4.79 Å². The minimum atomic E-state index is -0.448. The van der Waals surface area contributed by atoms with Crippen LogP contribution in [0.2, 0.25) is 0 Å². The van der Waals surface area contributed by atoms with Crippen molar-refractivity contribution in [3.63, 3.8) is 0 Å². The molecule has 0 aliphatic carbocycles. The highest BCUT2D eigenvalue weighted by molar-refractivity contribution is 5.89. The maximum Gasteiger partial charge on any atom is 0.322 e. The summed E-state index contributed by atoms with van der Waals surface area (Å²) in [4.78, 5) is 14.0. The molecular formula is C15H22N2O3. The van der Waals surface area contributed by atoms with E-state index in [1.165, 1.54) is 0 Å². The molecule has 1 saturated heterocycles. The van der Waals surface area contributed by atoms with E-state index >= 15 is 0 Å². The molecule has 1 aromatic carbocycles. The second-order valence-corrected chi connectivity index (χ2v) is 5.86. The van der Waals surface area contributed by atoms with Crippen molar-refractivity contribution in [2.24, 2.45) is 0 Å². The highest BCUT2D eigenvalue weighted by Crippen LogP contribution is 2.21. The Labute approximate surface area is 119 Å². The number of nitrogens with one attached hydrogen (secondary N) is 1. The molecule has 1 aliphatic heterocycles. The van der Waals surface area contributed by atoms with Gasteiger partial charge in [-0.05, 0) is 32.9 Å². The summed E-state index contributed by atoms with van der Waals surface area (Å²) >= 11 is 0. The molecule has 1 unspecified atom stereocenters. The van der Waals surface area contributed by atoms with E-state index in [-0.39, 0.29) is 18.7 Å². The second-order valence-electron chi connectivity index (χ2n) is 5.86. The molecule has 2 N–H and O–H groups in total. The molecule has 1 heterocycles. The lowest BCUT2D eigenvalue weighted by Crippen LogP contribution is -2.56. The van der Waals surface area contributed by atoms with Crippen molar-refractivity contribution in [2.75, 3.05) is 25.0 Å². The standard InChI is InChI=1S/C15H22N2O3/c1-11-4-6-12(7-5-11)16-14(19)17-8-13(9-18)20-15(2,3)10-17/h4-7,13,18H,8-10H2,1-3H3,(H,16,19). The summed E-state index contributed by atoms with van der Waals surface area (Å²) in [5.74, 6) is 0. The van der Waals surface area contributed by atoms with E-state index in [9.17, 15) is 9.90 Å². The normalized spacial score (nSPS) is 21.6. The minimum absolute atomic E-state index is 0.0856. The van der Waals surface area contributed by atoms with Crippen LogP contribution in [0.1, 0.15) is 19.4 Å². The maximum absolute atomic E-state index is 12.3. The lowest BCUT2D eigenvalue weighted by molar-refractivity contribution is -0.137. The molecule has 0 spiro atoms. The number of hydrogen-bond acceptors (Lipinski definition) is 3. The van der Waals surface area contributed by atoms with E-state index < -0.39 is 5.60 Å². The van der Waals surface area contributed by atoms with Gasteiger partial charge in [0.05, 0.1) is 31.4 Å². The topological polar surface area (TPSA) is 61.8 Å². The number of aliphatic hydroxyl groups excluding tert-OH is 1. The summed E-state index contributed by atoms with van der Waals surface area (Å²) in [6, 6.07) is 7.50. The van der Waals surface area contributed by atoms with E-state index in [0.717, 1.165) is 11.3 Å². The monoisotopic (exact) mass is 278 g/mol. The van der Waals surface area contributed by atoms with Crippen LogP contribution in [0.5, 0.6) is 0 Å². The van der Waals surface area contributed by atoms with Crippen molar-refractivity contribution in [1.29, 1.82) is 0 Å². The van der Waals surface area contributed by atoms with Gasteiger partial charge < -0.3 is 20.1 Å². The van der Waals surface area contributed by atoms with Crippen molar-refractivity contribution in [3.8, 4) is 0 Å². The van der Waals surface area contributed by atoms with Gasteiger partial charge in [-0.3, -0.25) is 0 Å². The lowest BCUT2D eigenvalue weighted by Gasteiger charge is -2.42. The first-order valence-corrected chi connectivity index (χ1v) is 6.81. The van der Waals surface area contributed by atoms with Crippen LogP contribution < -0.4 is 5.32 Å². The molecule has 110 valence electrons. The first-order chi connectivity index (χ1) is 9.39. The van der Waals surface area contributed by atoms with Crippen LogP contribution in [-0.4, -0.2) is 47.4 Å². The zero-order chi connectivity index (χ0) is 14.8. The fourth-order valence-electron chi connectivity index (χ4n) is 2.38. The summed E-state index contributed by atoms with van der Waals surface area (Å²) < 4.78 is 5.70. The number of benzene rings is 1. The largest absolute Gasteiger partial charge is 0.394 e. The zero-order valence-electron chi connectivity index (χ0n) is 12.2. The Balaban J connectivity index is 2.02. The molecule has 1 fully saturated rings. The van der Waals surface area contributed by atoms with Gasteiger partial charge in [0, 0.05) is 5.69 Å². The van der Waals surface area contributed by atoms with Crippen LogP contribution in [0, 0.1) is 6.92 Å². The number of aryl methyl sites for hydroxylation is 1. The fraction of sp³-hybridized carbons (Fsp3) is 0.533. The predicted octanol–water partition coefficient (Wildman–Crippen LogP) is 2.00. The van der Waals surface area contributed by atoms with Gasteiger partial charge in [-0.1, -0.05) is 17.7 Å². The van der Waals surface area contributed by atoms with Crippen molar-refractivity contribution < 1.29 is 14.6 Å². The quantitative estimate of drug-likeness (QED) is 0.869. The van der Waals surface area contributed by atoms with Crippen LogP contribution >= 0.6 is 0 Å². The lowest BCUT2D eigenvalue weighted by atomic mass is 10.1. The fourth-order valence-corrected chi connectivity index (χ4v) is 2.38. The Morgan fingerprint density at radius 1 is 1.45 bits per heavy atom. The Morgan fingerprint density at radius 2 is 2.10 bits per heavy atom. The second kappa shape index (κ2) is 5.81. The number of urea groups is 1. The summed E-state index contributed by atoms with van der Waals surface area (Å²) in [5.41, 5.74) is 1.47. The van der Waals surface area contributed by atoms with Crippen molar-refractivity contribution in [2.45, 2.75) is 32.5 Å². The Morgan fingerprint density at radius 3 is 2.70 bits per heavy atom. The average molecular weight is 278 g/mol. The van der Waals surface area contributed by atoms with Gasteiger partial charge in [-0.15, -0.1) is 0 Å². The molecule has 5 heteroatoms. The molecule has 2 amide bonds. The molecule has 2 rings (SSSR count). The Hall–Kier alpha value is -1.59. The number of ether oxygens (including phenoxy) is 1. The van der Waals surface area contributed by atoms with E-state index in [1.807, 2.05) is 45.0 Å². The van der Waals surface area contributed by atoms with E-state index in [4.69, 9.17) is 4.74 Å². The number of aliphatic hydroxyl groups is 1. The number of rotatable bonds is 2. The first-order valence-electron chi connectivity index (χ1n) is 6.81. The Bertz CT molecular complexity index is 471. The number of hydrogen-bond donors (Lipinski definition) is 2. The molecular weight excluding hydrogens is 256 g/mol. The van der Waals surface area contributed by atoms with E-state index in [1.54, 1.807) is 4.90 Å². The van der Waals surface area contributed by atoms with Gasteiger partial charge in [0.1, 0.15) is 0 Å². The van der Waals surface area contributed by atoms with Gasteiger partial charge in [0.25, 0.3) is 0 Å². The van der Waals surface area contributed by atoms with Gasteiger partial charge >= 0.3 is 6.03 Å². The van der Waals surface area contributed by atoms with Gasteiger partial charge in [0.2, 0.25) is 0 Å². The minimum Gasteiger partial charge on any atom is -0.394 e. The van der Waals surface area contributed by atoms with Crippen LogP contribution in [0.3, 0.4) is 0 Å². The third-order valence-electron chi connectivity index (χ3n) is 3.28. The summed E-state index contributed by atoms with van der Waals surface area (Å²) in [6.45, 7) is 6.65. The van der Waals surface area contributed by atoms with Crippen LogP contribution in [-0.2, 0) is 4.74 Å². The number of morpholine rings is 1. The van der Waals surface area contributed by atoms with E-state index in [0.29, 0.717) is 13.1 Å². The molecule has 0 aromatic heterocycles. The molecule has 5 nitrogen and oxygen atoms in total. The predicted molar refractivity (Wildman–Crippen MR) is 77.8 cm³/mol. The maximum atomic E-state index is 12.3. The number of nitrogens with zero attached hydrogens (tertiary/aromatic N) is 1. The summed E-state index contributed by atoms with van der Waals surface area (Å²) in [6.07, 6.45) is -0.331. The van der Waals surface area contributed by atoms with Crippen molar-refractivity contribution in [3.05, 3.63) is 29.8 Å². The van der Waals surface area contributed by atoms with Crippen LogP contribution in [0.4, 0.5) is 10.5 Å². The molecule has 1 aromatic rings. The average Bonchev–Trinajstić information content (AvgIpc) is 2.39.